The van der Waals surface area contributed by atoms with Crippen LogP contribution in [0.5, 0.6) is 0 Å². The minimum Gasteiger partial charge on any atom is -0.370 e. The summed E-state index contributed by atoms with van der Waals surface area (Å²) >= 11 is 0. The second-order valence-corrected chi connectivity index (χ2v) is 1.79. The molecule has 0 bridgehead atoms. The summed E-state index contributed by atoms with van der Waals surface area (Å²) in [7, 11) is 0. The molecule has 0 aromatic carbocycles. The summed E-state index contributed by atoms with van der Waals surface area (Å²) in [5, 5.41) is 0. The molecule has 28 valence electrons. The Labute approximate surface area is 30.9 Å². The smallest absolute Gasteiger partial charge is 0.0842 e. The maximum absolute atomic E-state index is 5.03. The molecule has 0 radical (unpaired) electrons. The van der Waals surface area contributed by atoms with Gasteiger partial charge in [-0.2, -0.15) is 0 Å². The third-order valence-electron chi connectivity index (χ3n) is 1.42. The molecule has 1 heterocycles. The second kappa shape index (κ2) is 0.432. The molecule has 1 aliphatic carbocycles. The van der Waals surface area contributed by atoms with Gasteiger partial charge in [-0.25, -0.2) is 0 Å². The van der Waals surface area contributed by atoms with Crippen LogP contribution in [-0.4, -0.2) is 12.2 Å². The number of rotatable bonds is 0. The Kier molecular flexibility index (Phi) is 0.189. The van der Waals surface area contributed by atoms with Gasteiger partial charge in [-0.05, 0) is 12.8 Å². The number of hydrogen-bond acceptors (Lipinski definition) is 1. The highest BCUT2D eigenvalue weighted by Crippen LogP contribution is 2.40. The molecule has 2 fully saturated rings. The predicted molar refractivity (Wildman–Crippen MR) is 17.9 cm³/mol. The Morgan fingerprint density at radius 2 is 1.80 bits per heavy atom. The van der Waals surface area contributed by atoms with E-state index >= 15 is 0 Å². The Hall–Kier alpha value is -0.0400. The van der Waals surface area contributed by atoms with E-state index in [0.717, 1.165) is 12.2 Å². The number of ether oxygens (including phenoxy) is 1. The average molecular weight is 70.1 g/mol. The van der Waals surface area contributed by atoms with Crippen LogP contribution in [0.15, 0.2) is 0 Å². The second-order valence-electron chi connectivity index (χ2n) is 1.79. The summed E-state index contributed by atoms with van der Waals surface area (Å²) in [6.07, 6.45) is 4.14. The molecule has 0 amide bonds. The van der Waals surface area contributed by atoms with Gasteiger partial charge in [0.1, 0.15) is 0 Å². The van der Waals surface area contributed by atoms with Crippen molar-refractivity contribution in [2.45, 2.75) is 25.0 Å². The quantitative estimate of drug-likeness (QED) is 0.379. The van der Waals surface area contributed by atoms with Crippen molar-refractivity contribution in [3.05, 3.63) is 0 Å². The van der Waals surface area contributed by atoms with Crippen molar-refractivity contribution in [3.8, 4) is 0 Å². The first-order valence-electron chi connectivity index (χ1n) is 2.12. The van der Waals surface area contributed by atoms with E-state index in [9.17, 15) is 0 Å². The molecule has 1 saturated carbocycles. The van der Waals surface area contributed by atoms with Gasteiger partial charge in [0.25, 0.3) is 0 Å². The van der Waals surface area contributed by atoms with E-state index in [4.69, 9.17) is 4.74 Å². The highest BCUT2D eigenvalue weighted by molar-refractivity contribution is 4.94. The average Bonchev–Trinajstić information content (AvgIpc) is 1.74. The molecule has 0 N–H and O–H groups in total. The molecule has 2 rings (SSSR count). The predicted octanol–water partition coefficient (Wildman–Crippen LogP) is 0.548. The first-order chi connectivity index (χ1) is 2.47. The zero-order chi connectivity index (χ0) is 3.28. The van der Waals surface area contributed by atoms with Crippen LogP contribution in [0, 0.1) is 0 Å². The largest absolute Gasteiger partial charge is 0.370 e. The van der Waals surface area contributed by atoms with Crippen molar-refractivity contribution >= 4 is 0 Å². The zero-order valence-electron chi connectivity index (χ0n) is 2.98. The molecule has 0 aromatic heterocycles. The Morgan fingerprint density at radius 3 is 1.80 bits per heavy atom. The third-order valence-corrected chi connectivity index (χ3v) is 1.42. The summed E-state index contributed by atoms with van der Waals surface area (Å²) in [4.78, 5) is 0. The van der Waals surface area contributed by atoms with E-state index in [2.05, 4.69) is 0 Å². The van der Waals surface area contributed by atoms with E-state index in [0.29, 0.717) is 0 Å². The number of hydrogen-bond donors (Lipinski definition) is 0. The lowest BCUT2D eigenvalue weighted by atomic mass is 10.0. The maximum Gasteiger partial charge on any atom is 0.0842 e. The minimum absolute atomic E-state index is 0.731. The minimum atomic E-state index is 0.731. The lowest BCUT2D eigenvalue weighted by Crippen LogP contribution is -2.04. The van der Waals surface area contributed by atoms with Crippen molar-refractivity contribution in [3.63, 3.8) is 0 Å². The molecule has 0 spiro atoms. The van der Waals surface area contributed by atoms with Crippen molar-refractivity contribution < 1.29 is 4.74 Å². The van der Waals surface area contributed by atoms with Crippen molar-refractivity contribution in [1.82, 2.24) is 0 Å². The van der Waals surface area contributed by atoms with E-state index in [1.165, 1.54) is 12.8 Å². The first-order valence-corrected chi connectivity index (χ1v) is 2.12. The van der Waals surface area contributed by atoms with Gasteiger partial charge in [0.05, 0.1) is 12.2 Å². The molecule has 2 atom stereocenters. The number of epoxide rings is 1. The summed E-state index contributed by atoms with van der Waals surface area (Å²) in [6.45, 7) is 0. The highest BCUT2D eigenvalue weighted by Gasteiger charge is 2.46. The topological polar surface area (TPSA) is 12.5 Å². The van der Waals surface area contributed by atoms with Gasteiger partial charge in [0, 0.05) is 0 Å². The fourth-order valence-corrected chi connectivity index (χ4v) is 0.754. The lowest BCUT2D eigenvalue weighted by Gasteiger charge is -1.97. The molecule has 1 heteroatoms. The van der Waals surface area contributed by atoms with Crippen LogP contribution in [0.2, 0.25) is 0 Å². The molecule has 1 saturated heterocycles. The summed E-state index contributed by atoms with van der Waals surface area (Å²) in [5.41, 5.74) is 0. The molecule has 1 nitrogen and oxygen atoms in total. The van der Waals surface area contributed by atoms with Gasteiger partial charge in [-0.3, -0.25) is 0 Å². The van der Waals surface area contributed by atoms with Crippen LogP contribution >= 0.6 is 0 Å². The van der Waals surface area contributed by atoms with Crippen LogP contribution < -0.4 is 0 Å². The third kappa shape index (κ3) is 0.127. The fourth-order valence-electron chi connectivity index (χ4n) is 0.754. The Balaban J connectivity index is 2.19. The summed E-state index contributed by atoms with van der Waals surface area (Å²) in [5.74, 6) is 0. The van der Waals surface area contributed by atoms with Crippen LogP contribution in [0.4, 0.5) is 0 Å². The Morgan fingerprint density at radius 1 is 1.20 bits per heavy atom. The normalized spacial score (nSPS) is 57.6. The molecule has 1 aliphatic heterocycles. The van der Waals surface area contributed by atoms with Crippen LogP contribution in [-0.2, 0) is 4.74 Å². The van der Waals surface area contributed by atoms with Crippen LogP contribution in [0.3, 0.4) is 0 Å². The molecule has 0 aromatic rings. The van der Waals surface area contributed by atoms with Crippen molar-refractivity contribution in [2.24, 2.45) is 0 Å². The molecular weight excluding hydrogens is 64.0 g/mol. The van der Waals surface area contributed by atoms with Gasteiger partial charge in [0.15, 0.2) is 0 Å². The van der Waals surface area contributed by atoms with Gasteiger partial charge < -0.3 is 4.74 Å². The first kappa shape index (κ1) is 2.19. The summed E-state index contributed by atoms with van der Waals surface area (Å²) in [6, 6.07) is 0. The highest BCUT2D eigenvalue weighted by atomic mass is 16.6. The standard InChI is InChI=1S/C4H6O/c1-2-4-3(1)5-4/h3-4H,1-2H2. The van der Waals surface area contributed by atoms with Crippen LogP contribution in [0.25, 0.3) is 0 Å². The molecule has 2 unspecified atom stereocenters. The van der Waals surface area contributed by atoms with E-state index in [1.807, 2.05) is 0 Å². The zero-order valence-corrected chi connectivity index (χ0v) is 2.98. The van der Waals surface area contributed by atoms with Gasteiger partial charge >= 0.3 is 0 Å². The lowest BCUT2D eigenvalue weighted by molar-refractivity contribution is 0.417. The van der Waals surface area contributed by atoms with E-state index in [-0.39, 0.29) is 0 Å². The Bertz CT molecular complexity index is 48.7. The van der Waals surface area contributed by atoms with E-state index < -0.39 is 0 Å². The fraction of sp³-hybridized carbons (Fsp3) is 1.00. The molecule has 2 aliphatic rings. The van der Waals surface area contributed by atoms with Gasteiger partial charge in [-0.1, -0.05) is 0 Å². The number of fused-ring (bicyclic) bond motifs is 1. The van der Waals surface area contributed by atoms with E-state index in [1.54, 1.807) is 0 Å². The van der Waals surface area contributed by atoms with Gasteiger partial charge in [0.2, 0.25) is 0 Å². The summed E-state index contributed by atoms with van der Waals surface area (Å²) < 4.78 is 5.03. The van der Waals surface area contributed by atoms with Crippen molar-refractivity contribution in [1.29, 1.82) is 0 Å². The van der Waals surface area contributed by atoms with Crippen molar-refractivity contribution in [2.75, 3.05) is 0 Å². The maximum atomic E-state index is 5.03. The molecular formula is C4H6O. The SMILES string of the molecule is C1CC2OC12. The van der Waals surface area contributed by atoms with Gasteiger partial charge in [-0.15, -0.1) is 0 Å². The molecule has 5 heavy (non-hydrogen) atoms. The monoisotopic (exact) mass is 70.0 g/mol. The van der Waals surface area contributed by atoms with Crippen LogP contribution in [0.1, 0.15) is 12.8 Å².